The minimum atomic E-state index is -1.03. The van der Waals surface area contributed by atoms with Crippen molar-refractivity contribution < 1.29 is 14.3 Å². The molecule has 1 unspecified atom stereocenters. The SMILES string of the molecule is CCc1nc2ccccc2c(C)c1C(=O)OCC(=O)C(C#N)c1nc(C)cs1. The number of carbonyl (C=O) groups is 2. The number of nitriles is 1. The van der Waals surface area contributed by atoms with Gasteiger partial charge < -0.3 is 4.74 Å². The lowest BCUT2D eigenvalue weighted by atomic mass is 10.0. The van der Waals surface area contributed by atoms with Crippen molar-refractivity contribution in [2.45, 2.75) is 33.1 Å². The lowest BCUT2D eigenvalue weighted by molar-refractivity contribution is -0.122. The molecule has 0 saturated carbocycles. The summed E-state index contributed by atoms with van der Waals surface area (Å²) in [5.41, 5.74) is 3.34. The van der Waals surface area contributed by atoms with Crippen molar-refractivity contribution in [2.24, 2.45) is 0 Å². The Kier molecular flexibility index (Phi) is 5.81. The molecule has 28 heavy (non-hydrogen) atoms. The Hall–Kier alpha value is -3.11. The predicted octanol–water partition coefficient (Wildman–Crippen LogP) is 3.90. The second-order valence-corrected chi connectivity index (χ2v) is 7.25. The van der Waals surface area contributed by atoms with Crippen LogP contribution < -0.4 is 0 Å². The van der Waals surface area contributed by atoms with Crippen LogP contribution in [0.15, 0.2) is 29.6 Å². The average molecular weight is 393 g/mol. The molecule has 0 spiro atoms. The van der Waals surface area contributed by atoms with Crippen LogP contribution in [0.3, 0.4) is 0 Å². The smallest absolute Gasteiger partial charge is 0.340 e. The minimum Gasteiger partial charge on any atom is -0.454 e. The first-order chi connectivity index (χ1) is 13.5. The molecule has 3 rings (SSSR count). The van der Waals surface area contributed by atoms with E-state index in [1.165, 1.54) is 11.3 Å². The van der Waals surface area contributed by atoms with Crippen LogP contribution >= 0.6 is 11.3 Å². The van der Waals surface area contributed by atoms with Gasteiger partial charge in [0.1, 0.15) is 5.01 Å². The van der Waals surface area contributed by atoms with Gasteiger partial charge in [0.2, 0.25) is 0 Å². The molecule has 0 bridgehead atoms. The lowest BCUT2D eigenvalue weighted by Gasteiger charge is -2.13. The zero-order valence-corrected chi connectivity index (χ0v) is 16.7. The van der Waals surface area contributed by atoms with Gasteiger partial charge in [-0.15, -0.1) is 11.3 Å². The van der Waals surface area contributed by atoms with Gasteiger partial charge in [0, 0.05) is 16.5 Å². The van der Waals surface area contributed by atoms with Crippen LogP contribution in [0, 0.1) is 25.2 Å². The Balaban J connectivity index is 1.82. The maximum absolute atomic E-state index is 12.7. The number of ketones is 1. The van der Waals surface area contributed by atoms with Gasteiger partial charge in [0.15, 0.2) is 18.3 Å². The molecule has 0 fully saturated rings. The highest BCUT2D eigenvalue weighted by Crippen LogP contribution is 2.25. The number of hydrogen-bond donors (Lipinski definition) is 0. The first-order valence-corrected chi connectivity index (χ1v) is 9.73. The number of esters is 1. The summed E-state index contributed by atoms with van der Waals surface area (Å²) in [6.07, 6.45) is 0.559. The maximum atomic E-state index is 12.7. The van der Waals surface area contributed by atoms with E-state index in [2.05, 4.69) is 9.97 Å². The Bertz CT molecular complexity index is 1100. The number of nitrogens with zero attached hydrogens (tertiary/aromatic N) is 3. The van der Waals surface area contributed by atoms with Crippen molar-refractivity contribution in [2.75, 3.05) is 6.61 Å². The molecular weight excluding hydrogens is 374 g/mol. The van der Waals surface area contributed by atoms with Gasteiger partial charge in [-0.05, 0) is 31.9 Å². The molecule has 3 aromatic rings. The Morgan fingerprint density at radius 3 is 2.64 bits per heavy atom. The molecule has 0 amide bonds. The molecule has 142 valence electrons. The molecule has 0 aliphatic carbocycles. The quantitative estimate of drug-likeness (QED) is 0.590. The Morgan fingerprint density at radius 1 is 1.25 bits per heavy atom. The minimum absolute atomic E-state index is 0.382. The summed E-state index contributed by atoms with van der Waals surface area (Å²) in [5.74, 6) is -2.13. The van der Waals surface area contributed by atoms with Crippen LogP contribution in [0.25, 0.3) is 10.9 Å². The summed E-state index contributed by atoms with van der Waals surface area (Å²) in [4.78, 5) is 33.9. The number of Topliss-reactive ketones (excluding diaryl/α,β-unsaturated/α-hetero) is 1. The Labute approximate surface area is 166 Å². The standard InChI is InChI=1S/C21H19N3O3S/c1-4-16-19(13(3)14-7-5-6-8-17(14)24-16)21(26)27-10-18(25)15(9-22)20-23-12(2)11-28-20/h5-8,11,15H,4,10H2,1-3H3. The van der Waals surface area contributed by atoms with Crippen molar-refractivity contribution in [3.05, 3.63) is 57.2 Å². The summed E-state index contributed by atoms with van der Waals surface area (Å²) in [6.45, 7) is 5.07. The van der Waals surface area contributed by atoms with Crippen molar-refractivity contribution in [3.8, 4) is 6.07 Å². The molecule has 0 aliphatic rings. The van der Waals surface area contributed by atoms with Crippen molar-refractivity contribution in [3.63, 3.8) is 0 Å². The number of rotatable bonds is 6. The molecule has 7 heteroatoms. The molecule has 6 nitrogen and oxygen atoms in total. The summed E-state index contributed by atoms with van der Waals surface area (Å²) in [5, 5.41) is 12.4. The van der Waals surface area contributed by atoms with Gasteiger partial charge in [-0.1, -0.05) is 25.1 Å². The molecule has 2 heterocycles. The number of ether oxygens (including phenoxy) is 1. The van der Waals surface area contributed by atoms with Crippen LogP contribution in [-0.2, 0) is 16.0 Å². The average Bonchev–Trinajstić information content (AvgIpc) is 3.12. The van der Waals surface area contributed by atoms with Crippen LogP contribution in [-0.4, -0.2) is 28.3 Å². The van der Waals surface area contributed by atoms with E-state index in [4.69, 9.17) is 4.74 Å². The summed E-state index contributed by atoms with van der Waals surface area (Å²) in [6, 6.07) is 9.52. The van der Waals surface area contributed by atoms with Gasteiger partial charge in [0.05, 0.1) is 22.8 Å². The fraction of sp³-hybridized carbons (Fsp3) is 0.286. The van der Waals surface area contributed by atoms with Gasteiger partial charge in [-0.2, -0.15) is 5.26 Å². The van der Waals surface area contributed by atoms with E-state index in [1.54, 1.807) is 12.3 Å². The highest BCUT2D eigenvalue weighted by Gasteiger charge is 2.26. The van der Waals surface area contributed by atoms with Crippen molar-refractivity contribution in [1.29, 1.82) is 5.26 Å². The number of carbonyl (C=O) groups excluding carboxylic acids is 2. The third-order valence-corrected chi connectivity index (χ3v) is 5.47. The summed E-state index contributed by atoms with van der Waals surface area (Å²) in [7, 11) is 0. The number of aryl methyl sites for hydroxylation is 3. The molecule has 0 N–H and O–H groups in total. The molecular formula is C21H19N3O3S. The highest BCUT2D eigenvalue weighted by atomic mass is 32.1. The second kappa shape index (κ2) is 8.28. The molecule has 0 saturated heterocycles. The topological polar surface area (TPSA) is 92.9 Å². The van der Waals surface area contributed by atoms with Gasteiger partial charge >= 0.3 is 5.97 Å². The number of hydrogen-bond acceptors (Lipinski definition) is 7. The summed E-state index contributed by atoms with van der Waals surface area (Å²) >= 11 is 1.25. The zero-order chi connectivity index (χ0) is 20.3. The van der Waals surface area contributed by atoms with E-state index in [1.807, 2.05) is 44.2 Å². The monoisotopic (exact) mass is 393 g/mol. The molecule has 1 atom stereocenters. The van der Waals surface area contributed by atoms with E-state index in [-0.39, 0.29) is 0 Å². The van der Waals surface area contributed by atoms with E-state index >= 15 is 0 Å². The maximum Gasteiger partial charge on any atom is 0.340 e. The highest BCUT2D eigenvalue weighted by molar-refractivity contribution is 7.09. The number of thiazole rings is 1. The fourth-order valence-corrected chi connectivity index (χ4v) is 3.89. The van der Waals surface area contributed by atoms with Crippen molar-refractivity contribution >= 4 is 34.0 Å². The van der Waals surface area contributed by atoms with Crippen LogP contribution in [0.1, 0.15) is 45.2 Å². The number of pyridine rings is 1. The van der Waals surface area contributed by atoms with Crippen molar-refractivity contribution in [1.82, 2.24) is 9.97 Å². The van der Waals surface area contributed by atoms with Gasteiger partial charge in [-0.3, -0.25) is 9.78 Å². The second-order valence-electron chi connectivity index (χ2n) is 6.36. The number of fused-ring (bicyclic) bond motifs is 1. The first-order valence-electron chi connectivity index (χ1n) is 8.86. The van der Waals surface area contributed by atoms with Gasteiger partial charge in [-0.25, -0.2) is 9.78 Å². The fourth-order valence-electron chi connectivity index (χ4n) is 3.03. The third-order valence-electron chi connectivity index (χ3n) is 4.45. The number of aromatic nitrogens is 2. The number of para-hydroxylation sites is 1. The molecule has 1 aromatic carbocycles. The Morgan fingerprint density at radius 2 is 2.00 bits per heavy atom. The first kappa shape index (κ1) is 19.6. The van der Waals surface area contributed by atoms with Crippen LogP contribution in [0.5, 0.6) is 0 Å². The predicted molar refractivity (Wildman–Crippen MR) is 106 cm³/mol. The van der Waals surface area contributed by atoms with E-state index in [0.29, 0.717) is 22.7 Å². The molecule has 2 aromatic heterocycles. The van der Waals surface area contributed by atoms with E-state index < -0.39 is 24.3 Å². The van der Waals surface area contributed by atoms with Gasteiger partial charge in [0.25, 0.3) is 0 Å². The number of benzene rings is 1. The van der Waals surface area contributed by atoms with Crippen LogP contribution in [0.4, 0.5) is 0 Å². The molecule has 0 radical (unpaired) electrons. The van der Waals surface area contributed by atoms with E-state index in [0.717, 1.165) is 22.2 Å². The zero-order valence-electron chi connectivity index (χ0n) is 15.9. The molecule has 0 aliphatic heterocycles. The van der Waals surface area contributed by atoms with Crippen LogP contribution in [0.2, 0.25) is 0 Å². The third kappa shape index (κ3) is 3.78. The normalized spacial score (nSPS) is 11.8. The lowest BCUT2D eigenvalue weighted by Crippen LogP contribution is -2.21. The summed E-state index contributed by atoms with van der Waals surface area (Å²) < 4.78 is 5.27. The largest absolute Gasteiger partial charge is 0.454 e. The van der Waals surface area contributed by atoms with E-state index in [9.17, 15) is 14.9 Å².